The van der Waals surface area contributed by atoms with Gasteiger partial charge in [0.25, 0.3) is 0 Å². The zero-order chi connectivity index (χ0) is 15.4. The van der Waals surface area contributed by atoms with E-state index in [0.29, 0.717) is 18.7 Å². The number of carboxylic acid groups (broad SMARTS) is 1. The van der Waals surface area contributed by atoms with Gasteiger partial charge in [-0.15, -0.1) is 6.58 Å². The Bertz CT molecular complexity index is 555. The zero-order valence-corrected chi connectivity index (χ0v) is 12.0. The molecule has 0 radical (unpaired) electrons. The van der Waals surface area contributed by atoms with Gasteiger partial charge < -0.3 is 14.7 Å². The van der Waals surface area contributed by atoms with Gasteiger partial charge in [0.1, 0.15) is 11.8 Å². The maximum absolute atomic E-state index is 12.0. The first kappa shape index (κ1) is 15.1. The first-order valence-electron chi connectivity index (χ1n) is 6.83. The van der Waals surface area contributed by atoms with Crippen LogP contribution in [0.3, 0.4) is 0 Å². The van der Waals surface area contributed by atoms with Gasteiger partial charge in [-0.05, 0) is 17.7 Å². The predicted octanol–water partition coefficient (Wildman–Crippen LogP) is 1.73. The summed E-state index contributed by atoms with van der Waals surface area (Å²) in [7, 11) is 1.56. The number of likely N-dealkylation sites (tertiary alicyclic amines) is 1. The third-order valence-electron chi connectivity index (χ3n) is 3.75. The lowest BCUT2D eigenvalue weighted by Crippen LogP contribution is -2.43. The van der Waals surface area contributed by atoms with Crippen LogP contribution in [-0.4, -0.2) is 41.6 Å². The number of rotatable bonds is 6. The number of methoxy groups -OCH3 is 1. The van der Waals surface area contributed by atoms with Crippen LogP contribution in [0.1, 0.15) is 12.0 Å². The van der Waals surface area contributed by atoms with Gasteiger partial charge in [-0.25, -0.2) is 4.79 Å². The molecule has 2 atom stereocenters. The fourth-order valence-corrected chi connectivity index (χ4v) is 2.57. The maximum atomic E-state index is 12.0. The molecule has 0 spiro atoms. The number of amides is 1. The van der Waals surface area contributed by atoms with E-state index in [4.69, 9.17) is 4.74 Å². The molecule has 2 unspecified atom stereocenters. The van der Waals surface area contributed by atoms with Crippen molar-refractivity contribution in [2.24, 2.45) is 5.92 Å². The number of carboxylic acids is 1. The predicted molar refractivity (Wildman–Crippen MR) is 78.1 cm³/mol. The molecule has 1 aliphatic rings. The SMILES string of the molecule is C=CC1CC(=O)N(C(Cc2cccc(OC)c2)C(=O)O)C1. The average molecular weight is 289 g/mol. The Morgan fingerprint density at radius 3 is 2.95 bits per heavy atom. The molecule has 1 N–H and O–H groups in total. The molecular weight excluding hydrogens is 270 g/mol. The van der Waals surface area contributed by atoms with E-state index in [1.807, 2.05) is 12.1 Å². The van der Waals surface area contributed by atoms with Gasteiger partial charge in [0.05, 0.1) is 7.11 Å². The highest BCUT2D eigenvalue weighted by Crippen LogP contribution is 2.23. The van der Waals surface area contributed by atoms with Crippen LogP contribution in [0.25, 0.3) is 0 Å². The summed E-state index contributed by atoms with van der Waals surface area (Å²) in [6, 6.07) is 6.39. The highest BCUT2D eigenvalue weighted by atomic mass is 16.5. The van der Waals surface area contributed by atoms with Crippen LogP contribution in [0, 0.1) is 5.92 Å². The number of carbonyl (C=O) groups excluding carboxylic acids is 1. The van der Waals surface area contributed by atoms with E-state index in [1.165, 1.54) is 4.90 Å². The summed E-state index contributed by atoms with van der Waals surface area (Å²) in [6.07, 6.45) is 2.32. The number of carbonyl (C=O) groups is 2. The van der Waals surface area contributed by atoms with Gasteiger partial charge >= 0.3 is 5.97 Å². The summed E-state index contributed by atoms with van der Waals surface area (Å²) in [5, 5.41) is 9.45. The number of hydrogen-bond donors (Lipinski definition) is 1. The molecule has 0 bridgehead atoms. The molecular formula is C16H19NO4. The minimum Gasteiger partial charge on any atom is -0.497 e. The molecule has 0 aliphatic carbocycles. The molecule has 1 aromatic rings. The Balaban J connectivity index is 2.18. The van der Waals surface area contributed by atoms with E-state index in [0.717, 1.165) is 5.56 Å². The summed E-state index contributed by atoms with van der Waals surface area (Å²) in [4.78, 5) is 25.0. The van der Waals surface area contributed by atoms with E-state index in [2.05, 4.69) is 6.58 Å². The van der Waals surface area contributed by atoms with Crippen molar-refractivity contribution in [3.8, 4) is 5.75 Å². The summed E-state index contributed by atoms with van der Waals surface area (Å²) in [5.41, 5.74) is 0.830. The maximum Gasteiger partial charge on any atom is 0.326 e. The molecule has 5 heteroatoms. The first-order chi connectivity index (χ1) is 10.0. The summed E-state index contributed by atoms with van der Waals surface area (Å²) in [6.45, 7) is 4.10. The Labute approximate surface area is 123 Å². The second-order valence-corrected chi connectivity index (χ2v) is 5.16. The molecule has 5 nitrogen and oxygen atoms in total. The van der Waals surface area contributed by atoms with Gasteiger partial charge in [-0.3, -0.25) is 4.79 Å². The summed E-state index contributed by atoms with van der Waals surface area (Å²) < 4.78 is 5.14. The second-order valence-electron chi connectivity index (χ2n) is 5.16. The fourth-order valence-electron chi connectivity index (χ4n) is 2.57. The van der Waals surface area contributed by atoms with Crippen LogP contribution < -0.4 is 4.74 Å². The van der Waals surface area contributed by atoms with Gasteiger partial charge in [0.15, 0.2) is 0 Å². The van der Waals surface area contributed by atoms with E-state index < -0.39 is 12.0 Å². The van der Waals surface area contributed by atoms with E-state index in [9.17, 15) is 14.7 Å². The molecule has 1 saturated heterocycles. The summed E-state index contributed by atoms with van der Waals surface area (Å²) >= 11 is 0. The topological polar surface area (TPSA) is 66.8 Å². The smallest absolute Gasteiger partial charge is 0.326 e. The van der Waals surface area contributed by atoms with Gasteiger partial charge in [-0.2, -0.15) is 0 Å². The molecule has 0 aromatic heterocycles. The molecule has 1 amide bonds. The summed E-state index contributed by atoms with van der Waals surface area (Å²) in [5.74, 6) is -0.413. The number of ether oxygens (including phenoxy) is 1. The van der Waals surface area contributed by atoms with Crippen molar-refractivity contribution in [2.45, 2.75) is 18.9 Å². The Hall–Kier alpha value is -2.30. The normalized spacial score (nSPS) is 19.4. The second kappa shape index (κ2) is 6.43. The lowest BCUT2D eigenvalue weighted by atomic mass is 10.0. The van der Waals surface area contributed by atoms with Crippen molar-refractivity contribution in [2.75, 3.05) is 13.7 Å². The molecule has 21 heavy (non-hydrogen) atoms. The van der Waals surface area contributed by atoms with Crippen LogP contribution in [0.2, 0.25) is 0 Å². The quantitative estimate of drug-likeness (QED) is 0.810. The Morgan fingerprint density at radius 2 is 2.38 bits per heavy atom. The van der Waals surface area contributed by atoms with Crippen LogP contribution in [-0.2, 0) is 16.0 Å². The van der Waals surface area contributed by atoms with Crippen molar-refractivity contribution in [1.82, 2.24) is 4.90 Å². The molecule has 0 saturated carbocycles. The van der Waals surface area contributed by atoms with Crippen LogP contribution in [0.5, 0.6) is 5.75 Å². The first-order valence-corrected chi connectivity index (χ1v) is 6.83. The number of benzene rings is 1. The lowest BCUT2D eigenvalue weighted by Gasteiger charge is -2.24. The van der Waals surface area contributed by atoms with E-state index in [-0.39, 0.29) is 18.2 Å². The van der Waals surface area contributed by atoms with Crippen molar-refractivity contribution >= 4 is 11.9 Å². The number of nitrogens with zero attached hydrogens (tertiary/aromatic N) is 1. The molecule has 2 rings (SSSR count). The van der Waals surface area contributed by atoms with Crippen molar-refractivity contribution in [3.05, 3.63) is 42.5 Å². The third kappa shape index (κ3) is 3.42. The minimum absolute atomic E-state index is 0.0321. The van der Waals surface area contributed by atoms with Crippen molar-refractivity contribution < 1.29 is 19.4 Å². The lowest BCUT2D eigenvalue weighted by molar-refractivity contribution is -0.148. The van der Waals surface area contributed by atoms with E-state index >= 15 is 0 Å². The highest BCUT2D eigenvalue weighted by molar-refractivity contribution is 5.85. The molecule has 1 fully saturated rings. The fraction of sp³-hybridized carbons (Fsp3) is 0.375. The van der Waals surface area contributed by atoms with Gasteiger partial charge in [0.2, 0.25) is 5.91 Å². The van der Waals surface area contributed by atoms with E-state index in [1.54, 1.807) is 25.3 Å². The molecule has 1 heterocycles. The minimum atomic E-state index is -0.990. The highest BCUT2D eigenvalue weighted by Gasteiger charge is 2.36. The van der Waals surface area contributed by atoms with Gasteiger partial charge in [-0.1, -0.05) is 18.2 Å². The van der Waals surface area contributed by atoms with Crippen LogP contribution >= 0.6 is 0 Å². The monoisotopic (exact) mass is 289 g/mol. The van der Waals surface area contributed by atoms with Crippen molar-refractivity contribution in [3.63, 3.8) is 0 Å². The zero-order valence-electron chi connectivity index (χ0n) is 12.0. The standard InChI is InChI=1S/C16H19NO4/c1-3-11-9-15(18)17(10-11)14(16(19)20)8-12-5-4-6-13(7-12)21-2/h3-7,11,14H,1,8-10H2,2H3,(H,19,20). The number of aliphatic carboxylic acids is 1. The van der Waals surface area contributed by atoms with Gasteiger partial charge in [0, 0.05) is 25.3 Å². The van der Waals surface area contributed by atoms with Crippen molar-refractivity contribution in [1.29, 1.82) is 0 Å². The Kier molecular flexibility index (Phi) is 4.62. The largest absolute Gasteiger partial charge is 0.497 e. The van der Waals surface area contributed by atoms with Crippen LogP contribution in [0.4, 0.5) is 0 Å². The van der Waals surface area contributed by atoms with Crippen LogP contribution in [0.15, 0.2) is 36.9 Å². The molecule has 1 aromatic carbocycles. The average Bonchev–Trinajstić information content (AvgIpc) is 2.85. The molecule has 112 valence electrons. The number of hydrogen-bond acceptors (Lipinski definition) is 3. The molecule has 1 aliphatic heterocycles. The Morgan fingerprint density at radius 1 is 1.62 bits per heavy atom. The third-order valence-corrected chi connectivity index (χ3v) is 3.75.